The Morgan fingerprint density at radius 1 is 0.417 bits per heavy atom. The Hall–Kier alpha value is -9.39. The molecule has 10 aromatic carbocycles. The number of nitrogens with zero attached hydrogens (tertiary/aromatic N) is 6. The Kier molecular flexibility index (Phi) is 9.61. The molecule has 14 rings (SSSR count). The molecule has 0 spiro atoms. The van der Waals surface area contributed by atoms with E-state index in [1.807, 2.05) is 0 Å². The minimum atomic E-state index is -0.224. The van der Waals surface area contributed by atoms with Crippen LogP contribution in [0, 0.1) is 0 Å². The van der Waals surface area contributed by atoms with E-state index < -0.39 is 0 Å². The van der Waals surface area contributed by atoms with Gasteiger partial charge in [-0.1, -0.05) is 158 Å². The number of aryl methyl sites for hydroxylation is 2. The van der Waals surface area contributed by atoms with Gasteiger partial charge in [-0.3, -0.25) is 0 Å². The average molecular weight is 924 g/mol. The second kappa shape index (κ2) is 16.6. The molecule has 0 aliphatic carbocycles. The van der Waals surface area contributed by atoms with Gasteiger partial charge in [0.2, 0.25) is 17.1 Å². The van der Waals surface area contributed by atoms with E-state index in [4.69, 9.17) is 9.97 Å². The van der Waals surface area contributed by atoms with E-state index in [1.54, 1.807) is 0 Å². The molecular weight excluding hydrogens is 877 g/mol. The van der Waals surface area contributed by atoms with Gasteiger partial charge in [0.25, 0.3) is 0 Å². The molecule has 6 nitrogen and oxygen atoms in total. The molecule has 0 fully saturated rings. The van der Waals surface area contributed by atoms with Gasteiger partial charge >= 0.3 is 0 Å². The Morgan fingerprint density at radius 2 is 0.972 bits per heavy atom. The van der Waals surface area contributed by atoms with Gasteiger partial charge in [0.1, 0.15) is 17.6 Å². The minimum Gasteiger partial charge on any atom is -0.330 e. The molecule has 1 atom stereocenters. The summed E-state index contributed by atoms with van der Waals surface area (Å²) in [6.45, 7) is 0. The fourth-order valence-electron chi connectivity index (χ4n) is 11.6. The van der Waals surface area contributed by atoms with Gasteiger partial charge in [0.05, 0.1) is 44.4 Å². The number of rotatable bonds is 8. The fourth-order valence-corrected chi connectivity index (χ4v) is 11.6. The molecule has 0 radical (unpaired) electrons. The largest absolute Gasteiger partial charge is 0.330 e. The molecule has 0 N–H and O–H groups in total. The summed E-state index contributed by atoms with van der Waals surface area (Å²) in [4.78, 5) is 11.0. The summed E-state index contributed by atoms with van der Waals surface area (Å²) in [7, 11) is 4.32. The summed E-state index contributed by atoms with van der Waals surface area (Å²) in [5.74, 6) is 1.68. The predicted molar refractivity (Wildman–Crippen MR) is 298 cm³/mol. The van der Waals surface area contributed by atoms with E-state index in [0.717, 1.165) is 106 Å². The number of imidazole rings is 2. The highest BCUT2D eigenvalue weighted by atomic mass is 15.1. The first kappa shape index (κ1) is 41.6. The standard InChI is InChI=1S/C66H47N6/c1-69-59-35-17-15-33-55(59)67-65(69)61-53-41-45(43-21-7-3-8-22-43)37-39-57(53)71(47-25-11-5-12-26-47)63(61)51-31-19-30-50-49(51)29-20-32-52(50)64-62(66-68-56-34-16-18-36-60(56)70(66)2)54-42-46(44-23-9-4-10-24-44)38-40-58(54)72(64)48-27-13-6-14-28-48/h3-42,61H,1-2H3/q+1. The maximum atomic E-state index is 5.52. The quantitative estimate of drug-likeness (QED) is 0.143. The highest BCUT2D eigenvalue weighted by molar-refractivity contribution is 6.21. The monoisotopic (exact) mass is 923 g/mol. The van der Waals surface area contributed by atoms with E-state index in [-0.39, 0.29) is 5.92 Å². The summed E-state index contributed by atoms with van der Waals surface area (Å²) in [5.41, 5.74) is 20.0. The number of aromatic nitrogens is 5. The minimum absolute atomic E-state index is 0.224. The van der Waals surface area contributed by atoms with Gasteiger partial charge in [-0.05, 0) is 99.8 Å². The molecule has 1 unspecified atom stereocenters. The van der Waals surface area contributed by atoms with Crippen LogP contribution < -0.4 is 4.58 Å². The maximum absolute atomic E-state index is 5.52. The molecule has 1 aliphatic heterocycles. The topological polar surface area (TPSA) is 43.6 Å². The summed E-state index contributed by atoms with van der Waals surface area (Å²) in [6, 6.07) is 87.7. The molecule has 0 amide bonds. The Morgan fingerprint density at radius 3 is 1.64 bits per heavy atom. The second-order valence-corrected chi connectivity index (χ2v) is 18.8. The van der Waals surface area contributed by atoms with Crippen molar-refractivity contribution < 1.29 is 0 Å². The van der Waals surface area contributed by atoms with Crippen LogP contribution >= 0.6 is 0 Å². The summed E-state index contributed by atoms with van der Waals surface area (Å²) < 4.78 is 9.52. The Labute approximate surface area is 417 Å². The van der Waals surface area contributed by atoms with Crippen molar-refractivity contribution >= 4 is 60.8 Å². The fraction of sp³-hybridized carbons (Fsp3) is 0.0455. The van der Waals surface area contributed by atoms with E-state index in [2.05, 4.69) is 275 Å². The van der Waals surface area contributed by atoms with E-state index in [1.165, 1.54) is 22.3 Å². The van der Waals surface area contributed by atoms with Gasteiger partial charge in [-0.25, -0.2) is 9.97 Å². The average Bonchev–Trinajstić information content (AvgIpc) is 4.18. The van der Waals surface area contributed by atoms with Gasteiger partial charge in [-0.2, -0.15) is 4.58 Å². The normalized spacial score (nSPS) is 13.5. The third-order valence-corrected chi connectivity index (χ3v) is 14.8. The van der Waals surface area contributed by atoms with Gasteiger partial charge < -0.3 is 13.7 Å². The van der Waals surface area contributed by atoms with Crippen molar-refractivity contribution in [2.75, 3.05) is 0 Å². The van der Waals surface area contributed by atoms with Crippen LogP contribution in [-0.2, 0) is 14.1 Å². The van der Waals surface area contributed by atoms with Gasteiger partial charge in [-0.15, -0.1) is 0 Å². The molecule has 3 aromatic heterocycles. The lowest BCUT2D eigenvalue weighted by atomic mass is 9.86. The van der Waals surface area contributed by atoms with Crippen molar-refractivity contribution in [2.24, 2.45) is 14.1 Å². The summed E-state index contributed by atoms with van der Waals surface area (Å²) in [6.07, 6.45) is 0. The van der Waals surface area contributed by atoms with Crippen LogP contribution in [0.5, 0.6) is 0 Å². The Bertz CT molecular complexity index is 4280. The van der Waals surface area contributed by atoms with Crippen molar-refractivity contribution in [3.63, 3.8) is 0 Å². The summed E-state index contributed by atoms with van der Waals surface area (Å²) in [5, 5.41) is 3.42. The number of hydrogen-bond donors (Lipinski definition) is 0. The number of para-hydroxylation sites is 6. The van der Waals surface area contributed by atoms with Gasteiger partial charge in [0, 0.05) is 54.5 Å². The first-order chi connectivity index (χ1) is 35.6. The predicted octanol–water partition coefficient (Wildman–Crippen LogP) is 15.7. The number of hydrogen-bond acceptors (Lipinski definition) is 2. The van der Waals surface area contributed by atoms with Crippen molar-refractivity contribution in [1.29, 1.82) is 0 Å². The van der Waals surface area contributed by atoms with Gasteiger partial charge in [0.15, 0.2) is 0 Å². The number of fused-ring (bicyclic) bond motifs is 5. The SMILES string of the molecule is Cn1c(-c2c(-c3cccc4c(C5=[N+](c6ccccc6)c6ccc(-c7ccccc7)cc6C5c5nc6ccccc6n5C)cccc34)n(-c3ccccc3)c3ccc(-c4ccccc4)cc23)nc2ccccc21. The van der Waals surface area contributed by atoms with E-state index in [9.17, 15) is 0 Å². The smallest absolute Gasteiger partial charge is 0.216 e. The molecular formula is C66H47N6+. The first-order valence-electron chi connectivity index (χ1n) is 24.7. The molecule has 0 saturated heterocycles. The third kappa shape index (κ3) is 6.46. The van der Waals surface area contributed by atoms with Crippen LogP contribution in [0.3, 0.4) is 0 Å². The second-order valence-electron chi connectivity index (χ2n) is 18.8. The molecule has 340 valence electrons. The third-order valence-electron chi connectivity index (χ3n) is 14.8. The number of benzene rings is 10. The highest BCUT2D eigenvalue weighted by Gasteiger charge is 2.45. The van der Waals surface area contributed by atoms with Crippen LogP contribution in [-0.4, -0.2) is 29.4 Å². The lowest BCUT2D eigenvalue weighted by molar-refractivity contribution is 0.821. The molecule has 6 heteroatoms. The van der Waals surface area contributed by atoms with Crippen molar-refractivity contribution in [2.45, 2.75) is 5.92 Å². The lowest BCUT2D eigenvalue weighted by Gasteiger charge is -2.17. The van der Waals surface area contributed by atoms with Crippen LogP contribution in [0.15, 0.2) is 243 Å². The molecule has 13 aromatic rings. The van der Waals surface area contributed by atoms with Crippen molar-refractivity contribution in [3.05, 3.63) is 260 Å². The van der Waals surface area contributed by atoms with Crippen LogP contribution in [0.4, 0.5) is 11.4 Å². The molecule has 0 bridgehead atoms. The lowest BCUT2D eigenvalue weighted by Crippen LogP contribution is -2.22. The van der Waals surface area contributed by atoms with Crippen LogP contribution in [0.2, 0.25) is 0 Å². The maximum Gasteiger partial charge on any atom is 0.216 e. The van der Waals surface area contributed by atoms with Crippen LogP contribution in [0.1, 0.15) is 22.9 Å². The zero-order chi connectivity index (χ0) is 47.9. The zero-order valence-electron chi connectivity index (χ0n) is 39.9. The van der Waals surface area contributed by atoms with E-state index in [0.29, 0.717) is 0 Å². The highest BCUT2D eigenvalue weighted by Crippen LogP contribution is 2.49. The summed E-state index contributed by atoms with van der Waals surface area (Å²) >= 11 is 0. The van der Waals surface area contributed by atoms with Crippen LogP contribution in [0.25, 0.3) is 94.3 Å². The zero-order valence-corrected chi connectivity index (χ0v) is 39.9. The van der Waals surface area contributed by atoms with E-state index >= 15 is 0 Å². The van der Waals surface area contributed by atoms with Crippen molar-refractivity contribution in [3.8, 4) is 50.6 Å². The molecule has 72 heavy (non-hydrogen) atoms. The molecule has 1 aliphatic rings. The molecule has 4 heterocycles. The molecule has 0 saturated carbocycles. The van der Waals surface area contributed by atoms with Crippen molar-refractivity contribution in [1.82, 2.24) is 28.2 Å². The first-order valence-corrected chi connectivity index (χ1v) is 24.7. The Balaban J connectivity index is 1.09.